The first-order valence-corrected chi connectivity index (χ1v) is 9.10. The molecular formula is C17H11F5N2O3S. The first-order chi connectivity index (χ1) is 12.9. The number of halogens is 5. The van der Waals surface area contributed by atoms with Crippen LogP contribution in [0.3, 0.4) is 0 Å². The number of sulfonamides is 1. The predicted molar refractivity (Wildman–Crippen MR) is 88.4 cm³/mol. The Morgan fingerprint density at radius 2 is 1.64 bits per heavy atom. The molecule has 0 saturated heterocycles. The quantitative estimate of drug-likeness (QED) is 0.644. The van der Waals surface area contributed by atoms with Gasteiger partial charge in [0.2, 0.25) is 10.0 Å². The maximum Gasteiger partial charge on any atom is 0.437 e. The van der Waals surface area contributed by atoms with Gasteiger partial charge in [0.15, 0.2) is 11.5 Å². The molecule has 2 aromatic carbocycles. The van der Waals surface area contributed by atoms with E-state index in [4.69, 9.17) is 9.66 Å². The summed E-state index contributed by atoms with van der Waals surface area (Å²) in [6.45, 7) is 1.40. The molecule has 11 heteroatoms. The second-order valence-electron chi connectivity index (χ2n) is 5.89. The zero-order chi connectivity index (χ0) is 20.9. The van der Waals surface area contributed by atoms with Gasteiger partial charge in [0, 0.05) is 5.56 Å². The van der Waals surface area contributed by atoms with Crippen molar-refractivity contribution >= 4 is 10.0 Å². The van der Waals surface area contributed by atoms with Gasteiger partial charge in [-0.15, -0.1) is 0 Å². The number of aryl methyl sites for hydroxylation is 1. The first kappa shape index (κ1) is 20.0. The summed E-state index contributed by atoms with van der Waals surface area (Å²) < 4.78 is 95.3. The molecule has 0 fully saturated rings. The monoisotopic (exact) mass is 418 g/mol. The molecular weight excluding hydrogens is 407 g/mol. The number of rotatable bonds is 3. The van der Waals surface area contributed by atoms with Gasteiger partial charge in [-0.1, -0.05) is 11.2 Å². The first-order valence-electron chi connectivity index (χ1n) is 7.55. The van der Waals surface area contributed by atoms with Crippen LogP contribution in [-0.4, -0.2) is 13.6 Å². The zero-order valence-corrected chi connectivity index (χ0v) is 14.8. The molecule has 0 atom stereocenters. The van der Waals surface area contributed by atoms with Crippen LogP contribution < -0.4 is 5.14 Å². The van der Waals surface area contributed by atoms with E-state index < -0.39 is 44.0 Å². The van der Waals surface area contributed by atoms with Gasteiger partial charge in [0.1, 0.15) is 16.5 Å². The molecule has 148 valence electrons. The van der Waals surface area contributed by atoms with Crippen molar-refractivity contribution in [3.05, 3.63) is 59.3 Å². The lowest BCUT2D eigenvalue weighted by Gasteiger charge is -2.09. The Kier molecular flexibility index (Phi) is 4.76. The van der Waals surface area contributed by atoms with E-state index in [2.05, 4.69) is 5.16 Å². The van der Waals surface area contributed by atoms with Crippen LogP contribution in [0, 0.1) is 18.6 Å². The van der Waals surface area contributed by atoms with E-state index in [1.165, 1.54) is 19.1 Å². The van der Waals surface area contributed by atoms with Crippen molar-refractivity contribution in [2.75, 3.05) is 0 Å². The van der Waals surface area contributed by atoms with E-state index in [0.29, 0.717) is 6.07 Å². The van der Waals surface area contributed by atoms with Gasteiger partial charge in [-0.2, -0.15) is 13.2 Å². The molecule has 0 radical (unpaired) electrons. The van der Waals surface area contributed by atoms with Crippen molar-refractivity contribution in [3.8, 4) is 22.5 Å². The Morgan fingerprint density at radius 1 is 1.00 bits per heavy atom. The Hall–Kier alpha value is -2.79. The molecule has 0 aliphatic carbocycles. The standard InChI is InChI=1S/C17H11F5N2O3S/c1-8-6-10(2-4-11(8)18)15-14(16(24-27-15)17(20,21)22)9-3-5-13(12(19)7-9)28(23,25)26/h2-7H,1H3,(H2,23,25,26). The average molecular weight is 418 g/mol. The molecule has 2 N–H and O–H groups in total. The molecule has 1 aromatic heterocycles. The summed E-state index contributed by atoms with van der Waals surface area (Å²) in [4.78, 5) is -0.875. The fourth-order valence-electron chi connectivity index (χ4n) is 2.62. The lowest BCUT2D eigenvalue weighted by atomic mass is 9.98. The molecule has 1 heterocycles. The summed E-state index contributed by atoms with van der Waals surface area (Å²) in [6.07, 6.45) is -4.94. The highest BCUT2D eigenvalue weighted by Gasteiger charge is 2.40. The maximum absolute atomic E-state index is 14.2. The summed E-state index contributed by atoms with van der Waals surface area (Å²) in [5, 5.41) is 7.90. The van der Waals surface area contributed by atoms with Crippen LogP contribution in [-0.2, 0) is 16.2 Å². The third-order valence-corrected chi connectivity index (χ3v) is 4.85. The Labute approximate surface area is 155 Å². The minimum Gasteiger partial charge on any atom is -0.355 e. The Balaban J connectivity index is 2.28. The molecule has 0 bridgehead atoms. The molecule has 0 aliphatic heterocycles. The van der Waals surface area contributed by atoms with Crippen LogP contribution in [0.15, 0.2) is 45.8 Å². The third kappa shape index (κ3) is 3.62. The predicted octanol–water partition coefficient (Wildman–Crippen LogP) is 4.26. The lowest BCUT2D eigenvalue weighted by molar-refractivity contribution is -0.142. The van der Waals surface area contributed by atoms with Gasteiger partial charge >= 0.3 is 6.18 Å². The second-order valence-corrected chi connectivity index (χ2v) is 7.42. The van der Waals surface area contributed by atoms with Gasteiger partial charge in [-0.25, -0.2) is 22.3 Å². The molecule has 0 aliphatic rings. The minimum absolute atomic E-state index is 0.0767. The maximum atomic E-state index is 14.2. The molecule has 0 spiro atoms. The third-order valence-electron chi connectivity index (χ3n) is 3.91. The molecule has 0 unspecified atom stereocenters. The highest BCUT2D eigenvalue weighted by molar-refractivity contribution is 7.89. The molecule has 0 amide bonds. The number of benzene rings is 2. The minimum atomic E-state index is -4.94. The molecule has 5 nitrogen and oxygen atoms in total. The largest absolute Gasteiger partial charge is 0.437 e. The van der Waals surface area contributed by atoms with Crippen molar-refractivity contribution in [2.45, 2.75) is 18.0 Å². The number of aromatic nitrogens is 1. The van der Waals surface area contributed by atoms with E-state index >= 15 is 0 Å². The van der Waals surface area contributed by atoms with E-state index in [-0.39, 0.29) is 22.5 Å². The second kappa shape index (κ2) is 6.67. The van der Waals surface area contributed by atoms with Crippen LogP contribution in [0.5, 0.6) is 0 Å². The summed E-state index contributed by atoms with van der Waals surface area (Å²) in [5.41, 5.74) is -2.17. The van der Waals surface area contributed by atoms with Crippen LogP contribution in [0.1, 0.15) is 11.3 Å². The summed E-state index contributed by atoms with van der Waals surface area (Å²) in [7, 11) is -4.41. The van der Waals surface area contributed by atoms with Gasteiger partial charge in [-0.3, -0.25) is 0 Å². The number of nitrogens with two attached hydrogens (primary N) is 1. The number of hydrogen-bond donors (Lipinski definition) is 1. The van der Waals surface area contributed by atoms with Crippen molar-refractivity contribution in [1.82, 2.24) is 5.16 Å². The van der Waals surface area contributed by atoms with E-state index in [1.54, 1.807) is 0 Å². The number of alkyl halides is 3. The summed E-state index contributed by atoms with van der Waals surface area (Å²) in [5.74, 6) is -2.29. The summed E-state index contributed by atoms with van der Waals surface area (Å²) >= 11 is 0. The van der Waals surface area contributed by atoms with E-state index in [0.717, 1.165) is 18.2 Å². The Morgan fingerprint density at radius 3 is 2.18 bits per heavy atom. The zero-order valence-electron chi connectivity index (χ0n) is 14.0. The van der Waals surface area contributed by atoms with Crippen LogP contribution in [0.25, 0.3) is 22.5 Å². The van der Waals surface area contributed by atoms with E-state index in [1.807, 2.05) is 0 Å². The molecule has 28 heavy (non-hydrogen) atoms. The van der Waals surface area contributed by atoms with Gasteiger partial charge < -0.3 is 4.52 Å². The van der Waals surface area contributed by atoms with Crippen molar-refractivity contribution in [1.29, 1.82) is 0 Å². The smallest absolute Gasteiger partial charge is 0.355 e. The highest BCUT2D eigenvalue weighted by Crippen LogP contribution is 2.43. The van der Waals surface area contributed by atoms with Crippen molar-refractivity contribution in [2.24, 2.45) is 5.14 Å². The average Bonchev–Trinajstić information content (AvgIpc) is 3.01. The number of nitrogens with zero attached hydrogens (tertiary/aromatic N) is 1. The molecule has 3 aromatic rings. The van der Waals surface area contributed by atoms with Crippen molar-refractivity contribution in [3.63, 3.8) is 0 Å². The summed E-state index contributed by atoms with van der Waals surface area (Å²) in [6, 6.07) is 5.74. The normalized spacial score (nSPS) is 12.4. The molecule has 0 saturated carbocycles. The SMILES string of the molecule is Cc1cc(-c2onc(C(F)(F)F)c2-c2ccc(S(N)(=O)=O)c(F)c2)ccc1F. The lowest BCUT2D eigenvalue weighted by Crippen LogP contribution is -2.14. The topological polar surface area (TPSA) is 86.2 Å². The van der Waals surface area contributed by atoms with Gasteiger partial charge in [-0.05, 0) is 48.4 Å². The van der Waals surface area contributed by atoms with Crippen LogP contribution in [0.4, 0.5) is 22.0 Å². The fourth-order valence-corrected chi connectivity index (χ4v) is 3.21. The van der Waals surface area contributed by atoms with E-state index in [9.17, 15) is 30.4 Å². The van der Waals surface area contributed by atoms with Gasteiger partial charge in [0.25, 0.3) is 0 Å². The van der Waals surface area contributed by atoms with Crippen molar-refractivity contribution < 1.29 is 34.9 Å². The fraction of sp³-hybridized carbons (Fsp3) is 0.118. The number of primary sulfonamides is 1. The van der Waals surface area contributed by atoms with Crippen LogP contribution in [0.2, 0.25) is 0 Å². The Bertz CT molecular complexity index is 1170. The number of hydrogen-bond acceptors (Lipinski definition) is 4. The van der Waals surface area contributed by atoms with Gasteiger partial charge in [0.05, 0.1) is 5.56 Å². The van der Waals surface area contributed by atoms with Crippen LogP contribution >= 0.6 is 0 Å². The molecule has 3 rings (SSSR count). The highest BCUT2D eigenvalue weighted by atomic mass is 32.2.